The van der Waals surface area contributed by atoms with Gasteiger partial charge in [0.2, 0.25) is 5.88 Å². The highest BCUT2D eigenvalue weighted by Crippen LogP contribution is 2.22. The highest BCUT2D eigenvalue weighted by molar-refractivity contribution is 7.99. The van der Waals surface area contributed by atoms with E-state index in [0.717, 1.165) is 23.8 Å². The molecule has 1 N–H and O–H groups in total. The molecule has 7 heteroatoms. The molecule has 23 heavy (non-hydrogen) atoms. The Morgan fingerprint density at radius 3 is 3.13 bits per heavy atom. The standard InChI is InChI=1S/C16H20N4O2S/c1-12-17-5-7-20(12)8-6-19-16(21)13-2-4-18-15(10-13)22-14-3-9-23-11-14/h2,4-5,7,10,14H,3,6,8-9,11H2,1H3,(H,19,21)/t14-/m1/s1. The van der Waals surface area contributed by atoms with Crippen LogP contribution in [-0.4, -0.2) is 44.6 Å². The minimum atomic E-state index is -0.115. The lowest BCUT2D eigenvalue weighted by atomic mass is 10.2. The van der Waals surface area contributed by atoms with Crippen LogP contribution in [0, 0.1) is 6.92 Å². The van der Waals surface area contributed by atoms with Crippen LogP contribution in [0.3, 0.4) is 0 Å². The molecule has 0 aliphatic carbocycles. The second kappa shape index (κ2) is 7.50. The van der Waals surface area contributed by atoms with E-state index in [2.05, 4.69) is 15.3 Å². The number of nitrogens with zero attached hydrogens (tertiary/aromatic N) is 3. The summed E-state index contributed by atoms with van der Waals surface area (Å²) >= 11 is 1.88. The summed E-state index contributed by atoms with van der Waals surface area (Å²) in [5.41, 5.74) is 0.572. The van der Waals surface area contributed by atoms with E-state index in [4.69, 9.17) is 4.74 Å². The number of rotatable bonds is 6. The number of aryl methyl sites for hydroxylation is 1. The van der Waals surface area contributed by atoms with Crippen molar-refractivity contribution in [2.24, 2.45) is 0 Å². The molecule has 6 nitrogen and oxygen atoms in total. The molecule has 3 rings (SSSR count). The lowest BCUT2D eigenvalue weighted by molar-refractivity contribution is 0.0951. The molecule has 1 atom stereocenters. The monoisotopic (exact) mass is 332 g/mol. The zero-order valence-corrected chi connectivity index (χ0v) is 13.9. The van der Waals surface area contributed by atoms with Crippen LogP contribution in [0.1, 0.15) is 22.6 Å². The summed E-state index contributed by atoms with van der Waals surface area (Å²) in [4.78, 5) is 20.6. The average Bonchev–Trinajstić information content (AvgIpc) is 3.20. The third kappa shape index (κ3) is 4.25. The number of carbonyl (C=O) groups excluding carboxylic acids is 1. The number of nitrogens with one attached hydrogen (secondary N) is 1. The first-order valence-electron chi connectivity index (χ1n) is 7.69. The largest absolute Gasteiger partial charge is 0.473 e. The molecule has 0 saturated carbocycles. The van der Waals surface area contributed by atoms with E-state index in [1.807, 2.05) is 29.4 Å². The topological polar surface area (TPSA) is 69.0 Å². The van der Waals surface area contributed by atoms with Crippen LogP contribution in [0.4, 0.5) is 0 Å². The summed E-state index contributed by atoms with van der Waals surface area (Å²) in [6.07, 6.45) is 6.51. The first-order valence-corrected chi connectivity index (χ1v) is 8.84. The van der Waals surface area contributed by atoms with Crippen LogP contribution >= 0.6 is 11.8 Å². The van der Waals surface area contributed by atoms with Crippen LogP contribution < -0.4 is 10.1 Å². The van der Waals surface area contributed by atoms with Gasteiger partial charge >= 0.3 is 0 Å². The molecule has 2 aromatic heterocycles. The Hall–Kier alpha value is -2.02. The van der Waals surface area contributed by atoms with Gasteiger partial charge < -0.3 is 14.6 Å². The molecular formula is C16H20N4O2S. The molecule has 0 radical (unpaired) electrons. The summed E-state index contributed by atoms with van der Waals surface area (Å²) in [5.74, 6) is 3.46. The van der Waals surface area contributed by atoms with Crippen molar-refractivity contribution in [3.05, 3.63) is 42.1 Å². The normalized spacial score (nSPS) is 17.2. The maximum Gasteiger partial charge on any atom is 0.251 e. The number of ether oxygens (including phenoxy) is 1. The number of imidazole rings is 1. The second-order valence-electron chi connectivity index (χ2n) is 5.41. The van der Waals surface area contributed by atoms with Gasteiger partial charge in [-0.2, -0.15) is 11.8 Å². The molecule has 1 saturated heterocycles. The molecule has 0 spiro atoms. The number of carbonyl (C=O) groups is 1. The van der Waals surface area contributed by atoms with Gasteiger partial charge in [-0.1, -0.05) is 0 Å². The molecule has 1 aliphatic heterocycles. The van der Waals surface area contributed by atoms with Gasteiger partial charge in [0.05, 0.1) is 0 Å². The van der Waals surface area contributed by atoms with Gasteiger partial charge in [-0.3, -0.25) is 4.79 Å². The van der Waals surface area contributed by atoms with Crippen LogP contribution in [-0.2, 0) is 6.54 Å². The fraction of sp³-hybridized carbons (Fsp3) is 0.438. The number of pyridine rings is 1. The average molecular weight is 332 g/mol. The van der Waals surface area contributed by atoms with Crippen molar-refractivity contribution in [2.75, 3.05) is 18.1 Å². The van der Waals surface area contributed by atoms with Gasteiger partial charge in [-0.15, -0.1) is 0 Å². The molecule has 122 valence electrons. The quantitative estimate of drug-likeness (QED) is 0.875. The Balaban J connectivity index is 1.53. The number of amides is 1. The molecule has 0 unspecified atom stereocenters. The summed E-state index contributed by atoms with van der Waals surface area (Å²) < 4.78 is 7.82. The van der Waals surface area contributed by atoms with Gasteiger partial charge in [-0.05, 0) is 25.2 Å². The lowest BCUT2D eigenvalue weighted by Gasteiger charge is -2.12. The highest BCUT2D eigenvalue weighted by Gasteiger charge is 2.18. The Morgan fingerprint density at radius 2 is 2.39 bits per heavy atom. The fourth-order valence-electron chi connectivity index (χ4n) is 2.42. The first kappa shape index (κ1) is 15.9. The van der Waals surface area contributed by atoms with Gasteiger partial charge in [0, 0.05) is 49.1 Å². The van der Waals surface area contributed by atoms with E-state index in [9.17, 15) is 4.79 Å². The second-order valence-corrected chi connectivity index (χ2v) is 6.56. The predicted molar refractivity (Wildman–Crippen MR) is 89.9 cm³/mol. The van der Waals surface area contributed by atoms with Crippen molar-refractivity contribution in [3.63, 3.8) is 0 Å². The number of aromatic nitrogens is 3. The summed E-state index contributed by atoms with van der Waals surface area (Å²) in [5, 5.41) is 2.91. The Labute approximate surface area is 139 Å². The lowest BCUT2D eigenvalue weighted by Crippen LogP contribution is -2.27. The fourth-order valence-corrected chi connectivity index (χ4v) is 3.52. The van der Waals surface area contributed by atoms with Gasteiger partial charge in [0.25, 0.3) is 5.91 Å². The van der Waals surface area contributed by atoms with E-state index in [0.29, 0.717) is 24.5 Å². The number of thioether (sulfide) groups is 1. The number of hydrogen-bond acceptors (Lipinski definition) is 5. The maximum atomic E-state index is 12.2. The van der Waals surface area contributed by atoms with E-state index >= 15 is 0 Å². The summed E-state index contributed by atoms with van der Waals surface area (Å²) in [6, 6.07) is 3.41. The maximum absolute atomic E-state index is 12.2. The molecule has 2 aromatic rings. The first-order chi connectivity index (χ1) is 11.2. The van der Waals surface area contributed by atoms with Crippen molar-refractivity contribution < 1.29 is 9.53 Å². The highest BCUT2D eigenvalue weighted by atomic mass is 32.2. The molecule has 1 amide bonds. The Kier molecular flexibility index (Phi) is 5.17. The molecule has 1 aliphatic rings. The van der Waals surface area contributed by atoms with Crippen molar-refractivity contribution in [2.45, 2.75) is 26.0 Å². The van der Waals surface area contributed by atoms with E-state index in [1.54, 1.807) is 24.5 Å². The molecule has 0 aromatic carbocycles. The minimum absolute atomic E-state index is 0.115. The molecular weight excluding hydrogens is 312 g/mol. The van der Waals surface area contributed by atoms with Crippen molar-refractivity contribution in [3.8, 4) is 5.88 Å². The molecule has 1 fully saturated rings. The number of hydrogen-bond donors (Lipinski definition) is 1. The minimum Gasteiger partial charge on any atom is -0.473 e. The molecule has 0 bridgehead atoms. The Bertz CT molecular complexity index is 668. The smallest absolute Gasteiger partial charge is 0.251 e. The predicted octanol–water partition coefficient (Wildman–Crippen LogP) is 1.90. The van der Waals surface area contributed by atoms with E-state index < -0.39 is 0 Å². The Morgan fingerprint density at radius 1 is 1.48 bits per heavy atom. The van der Waals surface area contributed by atoms with Crippen LogP contribution in [0.2, 0.25) is 0 Å². The van der Waals surface area contributed by atoms with Gasteiger partial charge in [0.15, 0.2) is 0 Å². The van der Waals surface area contributed by atoms with Gasteiger partial charge in [0.1, 0.15) is 11.9 Å². The van der Waals surface area contributed by atoms with Crippen LogP contribution in [0.25, 0.3) is 0 Å². The third-order valence-corrected chi connectivity index (χ3v) is 4.87. The SMILES string of the molecule is Cc1nccn1CCNC(=O)c1ccnc(O[C@@H]2CCSC2)c1. The van der Waals surface area contributed by atoms with Crippen molar-refractivity contribution in [1.82, 2.24) is 19.9 Å². The molecule has 3 heterocycles. The zero-order chi connectivity index (χ0) is 16.1. The van der Waals surface area contributed by atoms with Gasteiger partial charge in [-0.25, -0.2) is 9.97 Å². The van der Waals surface area contributed by atoms with E-state index in [1.165, 1.54) is 0 Å². The van der Waals surface area contributed by atoms with Crippen LogP contribution in [0.15, 0.2) is 30.7 Å². The third-order valence-electron chi connectivity index (χ3n) is 3.73. The van der Waals surface area contributed by atoms with E-state index in [-0.39, 0.29) is 12.0 Å². The van der Waals surface area contributed by atoms with Crippen molar-refractivity contribution >= 4 is 17.7 Å². The van der Waals surface area contributed by atoms with Crippen LogP contribution in [0.5, 0.6) is 5.88 Å². The zero-order valence-electron chi connectivity index (χ0n) is 13.1. The summed E-state index contributed by atoms with van der Waals surface area (Å²) in [6.45, 7) is 3.19. The van der Waals surface area contributed by atoms with Crippen molar-refractivity contribution in [1.29, 1.82) is 0 Å². The summed E-state index contributed by atoms with van der Waals surface area (Å²) in [7, 11) is 0.